The van der Waals surface area contributed by atoms with Gasteiger partial charge < -0.3 is 10.6 Å². The number of carbonyl (C=O) groups is 1. The fraction of sp³-hybridized carbons (Fsp3) is 0.929. The predicted molar refractivity (Wildman–Crippen MR) is 76.8 cm³/mol. The van der Waals surface area contributed by atoms with Crippen molar-refractivity contribution in [2.24, 2.45) is 11.1 Å². The molecule has 2 rings (SSSR count). The standard InChI is InChI=1S/C14H26N2O.ClH/c1-3-13(4-2)9-10-16(11-13)12(17)14(15)7-5-6-8-14;/h3-11,15H2,1-2H3;1H. The molecule has 1 saturated carbocycles. The number of halogens is 1. The number of likely N-dealkylation sites (tertiary alicyclic amines) is 1. The summed E-state index contributed by atoms with van der Waals surface area (Å²) in [7, 11) is 0. The van der Waals surface area contributed by atoms with Crippen molar-refractivity contribution in [2.45, 2.75) is 64.3 Å². The number of nitrogens with two attached hydrogens (primary N) is 1. The first-order chi connectivity index (χ1) is 8.05. The number of amides is 1. The lowest BCUT2D eigenvalue weighted by atomic mass is 9.82. The zero-order valence-corrected chi connectivity index (χ0v) is 12.5. The Labute approximate surface area is 117 Å². The molecule has 3 nitrogen and oxygen atoms in total. The lowest BCUT2D eigenvalue weighted by molar-refractivity contribution is -0.136. The zero-order valence-electron chi connectivity index (χ0n) is 11.7. The third kappa shape index (κ3) is 2.67. The third-order valence-electron chi connectivity index (χ3n) is 5.15. The highest BCUT2D eigenvalue weighted by atomic mass is 35.5. The number of rotatable bonds is 3. The van der Waals surface area contributed by atoms with Gasteiger partial charge in [0, 0.05) is 13.1 Å². The van der Waals surface area contributed by atoms with Crippen LogP contribution < -0.4 is 5.73 Å². The highest BCUT2D eigenvalue weighted by molar-refractivity contribution is 5.86. The predicted octanol–water partition coefficient (Wildman–Crippen LogP) is 2.72. The van der Waals surface area contributed by atoms with Gasteiger partial charge in [-0.25, -0.2) is 0 Å². The van der Waals surface area contributed by atoms with Gasteiger partial charge in [-0.1, -0.05) is 26.7 Å². The van der Waals surface area contributed by atoms with Gasteiger partial charge in [-0.3, -0.25) is 4.79 Å². The minimum atomic E-state index is -0.530. The first kappa shape index (κ1) is 15.8. The zero-order chi connectivity index (χ0) is 12.5. The van der Waals surface area contributed by atoms with E-state index in [9.17, 15) is 4.79 Å². The highest BCUT2D eigenvalue weighted by Gasteiger charge is 2.44. The molecule has 4 heteroatoms. The van der Waals surface area contributed by atoms with Gasteiger partial charge in [-0.15, -0.1) is 12.4 Å². The van der Waals surface area contributed by atoms with Crippen LogP contribution >= 0.6 is 12.4 Å². The van der Waals surface area contributed by atoms with E-state index in [0.29, 0.717) is 5.41 Å². The minimum Gasteiger partial charge on any atom is -0.341 e. The number of nitrogens with zero attached hydrogens (tertiary/aromatic N) is 1. The largest absolute Gasteiger partial charge is 0.341 e. The lowest BCUT2D eigenvalue weighted by Gasteiger charge is -2.31. The van der Waals surface area contributed by atoms with Crippen molar-refractivity contribution in [1.82, 2.24) is 4.90 Å². The van der Waals surface area contributed by atoms with E-state index in [0.717, 1.165) is 45.2 Å². The number of hydrogen-bond acceptors (Lipinski definition) is 2. The van der Waals surface area contributed by atoms with Crippen LogP contribution in [0, 0.1) is 5.41 Å². The Morgan fingerprint density at radius 1 is 1.17 bits per heavy atom. The van der Waals surface area contributed by atoms with Crippen LogP contribution in [-0.2, 0) is 4.79 Å². The van der Waals surface area contributed by atoms with Crippen molar-refractivity contribution in [3.05, 3.63) is 0 Å². The molecular formula is C14H27ClN2O. The monoisotopic (exact) mass is 274 g/mol. The second-order valence-electron chi connectivity index (χ2n) is 6.05. The molecule has 0 aromatic rings. The normalized spacial score (nSPS) is 24.9. The Hall–Kier alpha value is -0.280. The summed E-state index contributed by atoms with van der Waals surface area (Å²) >= 11 is 0. The summed E-state index contributed by atoms with van der Waals surface area (Å²) < 4.78 is 0. The first-order valence-corrected chi connectivity index (χ1v) is 7.13. The number of hydrogen-bond donors (Lipinski definition) is 1. The van der Waals surface area contributed by atoms with Crippen LogP contribution in [0.5, 0.6) is 0 Å². The molecule has 0 atom stereocenters. The van der Waals surface area contributed by atoms with Gasteiger partial charge in [0.25, 0.3) is 0 Å². The SMILES string of the molecule is CCC1(CC)CCN(C(=O)C2(N)CCCC2)C1.Cl. The van der Waals surface area contributed by atoms with Crippen LogP contribution in [0.3, 0.4) is 0 Å². The highest BCUT2D eigenvalue weighted by Crippen LogP contribution is 2.39. The Bertz CT molecular complexity index is 296. The molecule has 1 heterocycles. The van der Waals surface area contributed by atoms with Gasteiger partial charge in [0.15, 0.2) is 0 Å². The molecule has 0 aromatic carbocycles. The Kier molecular flexibility index (Phi) is 5.07. The Morgan fingerprint density at radius 3 is 2.17 bits per heavy atom. The van der Waals surface area contributed by atoms with E-state index in [4.69, 9.17) is 5.73 Å². The van der Waals surface area contributed by atoms with Crippen molar-refractivity contribution in [1.29, 1.82) is 0 Å². The van der Waals surface area contributed by atoms with Crippen LogP contribution in [0.4, 0.5) is 0 Å². The van der Waals surface area contributed by atoms with Crippen LogP contribution in [0.15, 0.2) is 0 Å². The smallest absolute Gasteiger partial charge is 0.242 e. The van der Waals surface area contributed by atoms with Crippen LogP contribution in [0.25, 0.3) is 0 Å². The van der Waals surface area contributed by atoms with Gasteiger partial charge >= 0.3 is 0 Å². The summed E-state index contributed by atoms with van der Waals surface area (Å²) in [5, 5.41) is 0. The quantitative estimate of drug-likeness (QED) is 0.860. The molecule has 0 spiro atoms. The Balaban J connectivity index is 0.00000162. The van der Waals surface area contributed by atoms with Gasteiger partial charge in [-0.2, -0.15) is 0 Å². The molecule has 1 saturated heterocycles. The molecule has 18 heavy (non-hydrogen) atoms. The lowest BCUT2D eigenvalue weighted by Crippen LogP contribution is -2.53. The molecule has 0 aromatic heterocycles. The van der Waals surface area contributed by atoms with E-state index in [-0.39, 0.29) is 18.3 Å². The maximum absolute atomic E-state index is 12.5. The molecule has 0 radical (unpaired) electrons. The van der Waals surface area contributed by atoms with Gasteiger partial charge in [0.05, 0.1) is 5.54 Å². The summed E-state index contributed by atoms with van der Waals surface area (Å²) in [6.07, 6.45) is 7.49. The van der Waals surface area contributed by atoms with Gasteiger partial charge in [0.2, 0.25) is 5.91 Å². The topological polar surface area (TPSA) is 46.3 Å². The summed E-state index contributed by atoms with van der Waals surface area (Å²) in [6.45, 7) is 6.33. The van der Waals surface area contributed by atoms with E-state index < -0.39 is 5.54 Å². The summed E-state index contributed by atoms with van der Waals surface area (Å²) in [5.41, 5.74) is 6.10. The molecular weight excluding hydrogens is 248 g/mol. The van der Waals surface area contributed by atoms with E-state index in [2.05, 4.69) is 13.8 Å². The van der Waals surface area contributed by atoms with E-state index in [1.807, 2.05) is 4.90 Å². The van der Waals surface area contributed by atoms with E-state index >= 15 is 0 Å². The van der Waals surface area contributed by atoms with Crippen molar-refractivity contribution >= 4 is 18.3 Å². The number of carbonyl (C=O) groups excluding carboxylic acids is 1. The third-order valence-corrected chi connectivity index (χ3v) is 5.15. The molecule has 1 aliphatic heterocycles. The van der Waals surface area contributed by atoms with E-state index in [1.54, 1.807) is 0 Å². The summed E-state index contributed by atoms with van der Waals surface area (Å²) in [5.74, 6) is 0.221. The Morgan fingerprint density at radius 2 is 1.72 bits per heavy atom. The second-order valence-corrected chi connectivity index (χ2v) is 6.05. The van der Waals surface area contributed by atoms with Crippen molar-refractivity contribution in [2.75, 3.05) is 13.1 Å². The minimum absolute atomic E-state index is 0. The molecule has 106 valence electrons. The molecule has 0 unspecified atom stereocenters. The average molecular weight is 275 g/mol. The van der Waals surface area contributed by atoms with E-state index in [1.165, 1.54) is 12.8 Å². The molecule has 0 bridgehead atoms. The van der Waals surface area contributed by atoms with Crippen LogP contribution in [-0.4, -0.2) is 29.4 Å². The maximum atomic E-state index is 12.5. The molecule has 1 aliphatic carbocycles. The fourth-order valence-electron chi connectivity index (χ4n) is 3.47. The van der Waals surface area contributed by atoms with Crippen LogP contribution in [0.2, 0.25) is 0 Å². The molecule has 2 N–H and O–H groups in total. The molecule has 2 aliphatic rings. The van der Waals surface area contributed by atoms with Crippen molar-refractivity contribution in [3.8, 4) is 0 Å². The average Bonchev–Trinajstić information content (AvgIpc) is 2.96. The molecule has 1 amide bonds. The first-order valence-electron chi connectivity index (χ1n) is 7.13. The maximum Gasteiger partial charge on any atom is 0.242 e. The van der Waals surface area contributed by atoms with Crippen LogP contribution in [0.1, 0.15) is 58.8 Å². The molecule has 2 fully saturated rings. The summed E-state index contributed by atoms with van der Waals surface area (Å²) in [6, 6.07) is 0. The summed E-state index contributed by atoms with van der Waals surface area (Å²) in [4.78, 5) is 14.5. The second kappa shape index (κ2) is 5.79. The van der Waals surface area contributed by atoms with Crippen molar-refractivity contribution in [3.63, 3.8) is 0 Å². The fourth-order valence-corrected chi connectivity index (χ4v) is 3.47. The van der Waals surface area contributed by atoms with Gasteiger partial charge in [0.1, 0.15) is 0 Å². The van der Waals surface area contributed by atoms with Crippen molar-refractivity contribution < 1.29 is 4.79 Å². The van der Waals surface area contributed by atoms with Gasteiger partial charge in [-0.05, 0) is 37.5 Å².